The van der Waals surface area contributed by atoms with Crippen molar-refractivity contribution in [1.29, 1.82) is 0 Å². The van der Waals surface area contributed by atoms with Gasteiger partial charge in [0.05, 0.1) is 4.88 Å². The van der Waals surface area contributed by atoms with Gasteiger partial charge in [0.1, 0.15) is 0 Å². The summed E-state index contributed by atoms with van der Waals surface area (Å²) in [5, 5.41) is 4.69. The number of thiophene rings is 1. The third kappa shape index (κ3) is 3.82. The van der Waals surface area contributed by atoms with Crippen molar-refractivity contribution in [3.63, 3.8) is 0 Å². The normalized spacial score (nSPS) is 18.9. The van der Waals surface area contributed by atoms with E-state index in [1.807, 2.05) is 16.3 Å². The maximum absolute atomic E-state index is 12.2. The topological polar surface area (TPSA) is 49.4 Å². The number of hydrogen-bond acceptors (Lipinski definition) is 3. The molecule has 1 aromatic heterocycles. The highest BCUT2D eigenvalue weighted by Gasteiger charge is 2.24. The summed E-state index contributed by atoms with van der Waals surface area (Å²) in [7, 11) is 0. The number of amides is 2. The van der Waals surface area contributed by atoms with Gasteiger partial charge in [-0.3, -0.25) is 9.59 Å². The van der Waals surface area contributed by atoms with Crippen molar-refractivity contribution in [3.05, 3.63) is 22.4 Å². The Morgan fingerprint density at radius 1 is 1.45 bits per heavy atom. The second kappa shape index (κ2) is 7.43. The minimum absolute atomic E-state index is 0.0847. The summed E-state index contributed by atoms with van der Waals surface area (Å²) >= 11 is 1.41. The second-order valence-corrected chi connectivity index (χ2v) is 6.08. The molecule has 110 valence electrons. The van der Waals surface area contributed by atoms with E-state index in [2.05, 4.69) is 12.2 Å². The van der Waals surface area contributed by atoms with Gasteiger partial charge in [-0.2, -0.15) is 0 Å². The van der Waals surface area contributed by atoms with Crippen LogP contribution >= 0.6 is 11.3 Å². The van der Waals surface area contributed by atoms with Crippen LogP contribution in [0.2, 0.25) is 0 Å². The standard InChI is InChI=1S/C15H22N2O2S/c1-2-12-6-3-4-10-17(12)14(18)8-9-16-15(19)13-7-5-11-20-13/h5,7,11-12H,2-4,6,8-10H2,1H3,(H,16,19). The molecule has 0 aliphatic carbocycles. The summed E-state index contributed by atoms with van der Waals surface area (Å²) in [6.45, 7) is 3.42. The fourth-order valence-electron chi connectivity index (χ4n) is 2.67. The molecule has 1 atom stereocenters. The lowest BCUT2D eigenvalue weighted by Crippen LogP contribution is -2.44. The summed E-state index contributed by atoms with van der Waals surface area (Å²) in [5.41, 5.74) is 0. The van der Waals surface area contributed by atoms with Crippen LogP contribution in [-0.2, 0) is 4.79 Å². The van der Waals surface area contributed by atoms with Gasteiger partial charge in [-0.1, -0.05) is 13.0 Å². The molecule has 1 N–H and O–H groups in total. The van der Waals surface area contributed by atoms with Crippen LogP contribution < -0.4 is 5.32 Å². The highest BCUT2D eigenvalue weighted by Crippen LogP contribution is 2.20. The quantitative estimate of drug-likeness (QED) is 0.907. The third-order valence-corrected chi connectivity index (χ3v) is 4.66. The molecule has 1 aliphatic heterocycles. The van der Waals surface area contributed by atoms with Crippen molar-refractivity contribution >= 4 is 23.2 Å². The molecule has 2 amide bonds. The average molecular weight is 294 g/mol. The van der Waals surface area contributed by atoms with Gasteiger partial charge in [-0.05, 0) is 37.1 Å². The Bertz CT molecular complexity index is 445. The van der Waals surface area contributed by atoms with E-state index in [1.54, 1.807) is 6.07 Å². The van der Waals surface area contributed by atoms with Gasteiger partial charge in [0.15, 0.2) is 0 Å². The molecular weight excluding hydrogens is 272 g/mol. The molecule has 4 nitrogen and oxygen atoms in total. The molecule has 0 spiro atoms. The van der Waals surface area contributed by atoms with E-state index in [0.717, 1.165) is 25.8 Å². The molecule has 2 heterocycles. The SMILES string of the molecule is CCC1CCCCN1C(=O)CCNC(=O)c1cccs1. The zero-order chi connectivity index (χ0) is 14.4. The zero-order valence-electron chi connectivity index (χ0n) is 11.9. The first-order chi connectivity index (χ1) is 9.72. The van der Waals surface area contributed by atoms with Gasteiger partial charge in [0, 0.05) is 25.6 Å². The monoisotopic (exact) mass is 294 g/mol. The highest BCUT2D eigenvalue weighted by molar-refractivity contribution is 7.12. The molecular formula is C15H22N2O2S. The van der Waals surface area contributed by atoms with Gasteiger partial charge in [-0.15, -0.1) is 11.3 Å². The molecule has 0 radical (unpaired) electrons. The minimum Gasteiger partial charge on any atom is -0.351 e. The first-order valence-electron chi connectivity index (χ1n) is 7.33. The summed E-state index contributed by atoms with van der Waals surface area (Å²) in [6, 6.07) is 4.04. The maximum Gasteiger partial charge on any atom is 0.261 e. The van der Waals surface area contributed by atoms with Crippen molar-refractivity contribution in [2.45, 2.75) is 45.1 Å². The van der Waals surface area contributed by atoms with E-state index in [4.69, 9.17) is 0 Å². The molecule has 5 heteroatoms. The summed E-state index contributed by atoms with van der Waals surface area (Å²) < 4.78 is 0. The molecule has 0 aromatic carbocycles. The number of likely N-dealkylation sites (tertiary alicyclic amines) is 1. The Morgan fingerprint density at radius 2 is 2.30 bits per heavy atom. The van der Waals surface area contributed by atoms with Crippen molar-refractivity contribution in [3.8, 4) is 0 Å². The molecule has 0 bridgehead atoms. The fourth-order valence-corrected chi connectivity index (χ4v) is 3.31. The van der Waals surface area contributed by atoms with Crippen LogP contribution in [0.1, 0.15) is 48.7 Å². The Kier molecular flexibility index (Phi) is 5.59. The Labute approximate surface area is 124 Å². The molecule has 20 heavy (non-hydrogen) atoms. The smallest absolute Gasteiger partial charge is 0.261 e. The number of nitrogens with zero attached hydrogens (tertiary/aromatic N) is 1. The van der Waals surface area contributed by atoms with Gasteiger partial charge in [0.25, 0.3) is 5.91 Å². The van der Waals surface area contributed by atoms with Gasteiger partial charge >= 0.3 is 0 Å². The van der Waals surface area contributed by atoms with Crippen LogP contribution in [0.5, 0.6) is 0 Å². The molecule has 1 saturated heterocycles. The van der Waals surface area contributed by atoms with E-state index >= 15 is 0 Å². The average Bonchev–Trinajstić information content (AvgIpc) is 3.01. The number of rotatable bonds is 5. The van der Waals surface area contributed by atoms with E-state index in [9.17, 15) is 9.59 Å². The Balaban J connectivity index is 1.75. The largest absolute Gasteiger partial charge is 0.351 e. The lowest BCUT2D eigenvalue weighted by atomic mass is 9.99. The number of carbonyl (C=O) groups is 2. The van der Waals surface area contributed by atoms with Gasteiger partial charge in [0.2, 0.25) is 5.91 Å². The number of nitrogens with one attached hydrogen (secondary N) is 1. The highest BCUT2D eigenvalue weighted by atomic mass is 32.1. The molecule has 2 rings (SSSR count). The first kappa shape index (κ1) is 15.0. The van der Waals surface area contributed by atoms with Crippen LogP contribution in [0.25, 0.3) is 0 Å². The van der Waals surface area contributed by atoms with Gasteiger partial charge < -0.3 is 10.2 Å². The molecule has 1 aromatic rings. The summed E-state index contributed by atoms with van der Waals surface area (Å²) in [5.74, 6) is 0.0847. The number of carbonyl (C=O) groups excluding carboxylic acids is 2. The van der Waals surface area contributed by atoms with Crippen molar-refractivity contribution in [1.82, 2.24) is 10.2 Å². The predicted octanol–water partition coefficient (Wildman–Crippen LogP) is 2.66. The molecule has 1 fully saturated rings. The Morgan fingerprint density at radius 3 is 3.00 bits per heavy atom. The Hall–Kier alpha value is -1.36. The maximum atomic E-state index is 12.2. The van der Waals surface area contributed by atoms with Crippen LogP contribution in [-0.4, -0.2) is 35.8 Å². The number of hydrogen-bond donors (Lipinski definition) is 1. The summed E-state index contributed by atoms with van der Waals surface area (Å²) in [6.07, 6.45) is 4.85. The lowest BCUT2D eigenvalue weighted by Gasteiger charge is -2.35. The van der Waals surface area contributed by atoms with Crippen LogP contribution in [0.3, 0.4) is 0 Å². The third-order valence-electron chi connectivity index (χ3n) is 3.79. The van der Waals surface area contributed by atoms with E-state index < -0.39 is 0 Å². The molecule has 1 unspecified atom stereocenters. The fraction of sp³-hybridized carbons (Fsp3) is 0.600. The summed E-state index contributed by atoms with van der Waals surface area (Å²) in [4.78, 5) is 26.7. The second-order valence-electron chi connectivity index (χ2n) is 5.13. The minimum atomic E-state index is -0.0847. The van der Waals surface area contributed by atoms with E-state index in [1.165, 1.54) is 17.8 Å². The van der Waals surface area contributed by atoms with Gasteiger partial charge in [-0.25, -0.2) is 0 Å². The van der Waals surface area contributed by atoms with E-state index in [0.29, 0.717) is 23.9 Å². The van der Waals surface area contributed by atoms with Crippen LogP contribution in [0, 0.1) is 0 Å². The van der Waals surface area contributed by atoms with Crippen molar-refractivity contribution in [2.75, 3.05) is 13.1 Å². The number of piperidine rings is 1. The predicted molar refractivity (Wildman–Crippen MR) is 80.9 cm³/mol. The van der Waals surface area contributed by atoms with Crippen LogP contribution in [0.15, 0.2) is 17.5 Å². The van der Waals surface area contributed by atoms with E-state index in [-0.39, 0.29) is 11.8 Å². The molecule has 1 aliphatic rings. The van der Waals surface area contributed by atoms with Crippen LogP contribution in [0.4, 0.5) is 0 Å². The lowest BCUT2D eigenvalue weighted by molar-refractivity contribution is -0.134. The van der Waals surface area contributed by atoms with Crippen molar-refractivity contribution < 1.29 is 9.59 Å². The first-order valence-corrected chi connectivity index (χ1v) is 8.21. The molecule has 0 saturated carbocycles. The zero-order valence-corrected chi connectivity index (χ0v) is 12.7. The van der Waals surface area contributed by atoms with Crippen molar-refractivity contribution in [2.24, 2.45) is 0 Å².